The fourth-order valence-electron chi connectivity index (χ4n) is 3.13. The molecule has 3 rings (SSSR count). The highest BCUT2D eigenvalue weighted by Crippen LogP contribution is 2.38. The van der Waals surface area contributed by atoms with E-state index in [1.807, 2.05) is 19.9 Å². The number of carbonyl (C=O) groups is 1. The molecule has 0 fully saturated rings. The topological polar surface area (TPSA) is 84.9 Å². The Kier molecular flexibility index (Phi) is 6.81. The second-order valence-corrected chi connectivity index (χ2v) is 9.76. The number of sulfonamides is 1. The van der Waals surface area contributed by atoms with Gasteiger partial charge in [0.1, 0.15) is 22.5 Å². The Bertz CT molecular complexity index is 1080. The lowest BCUT2D eigenvalue weighted by Gasteiger charge is -2.19. The third-order valence-electron chi connectivity index (χ3n) is 4.52. The number of nitrogens with one attached hydrogen (secondary N) is 1. The van der Waals surface area contributed by atoms with Crippen molar-refractivity contribution in [2.24, 2.45) is 0 Å². The number of nitrogens with zero attached hydrogens (tertiary/aromatic N) is 1. The first kappa shape index (κ1) is 22.7. The highest BCUT2D eigenvalue weighted by molar-refractivity contribution is 7.89. The summed E-state index contributed by atoms with van der Waals surface area (Å²) in [6, 6.07) is 7.67. The van der Waals surface area contributed by atoms with Gasteiger partial charge in [-0.05, 0) is 38.1 Å². The van der Waals surface area contributed by atoms with Gasteiger partial charge < -0.3 is 14.8 Å². The number of ether oxygens (including phenoxy) is 2. The summed E-state index contributed by atoms with van der Waals surface area (Å²) in [5, 5.41) is 2.96. The zero-order valence-electron chi connectivity index (χ0n) is 16.7. The Labute approximate surface area is 185 Å². The van der Waals surface area contributed by atoms with Gasteiger partial charge in [0, 0.05) is 30.1 Å². The van der Waals surface area contributed by atoms with Crippen molar-refractivity contribution in [3.05, 3.63) is 45.9 Å². The maximum absolute atomic E-state index is 12.8. The Morgan fingerprint density at radius 1 is 1.30 bits per heavy atom. The van der Waals surface area contributed by atoms with Crippen LogP contribution in [0, 0.1) is 0 Å². The zero-order chi connectivity index (χ0) is 22.1. The normalized spacial score (nSPS) is 15.6. The Balaban J connectivity index is 1.78. The van der Waals surface area contributed by atoms with E-state index in [0.717, 1.165) is 16.3 Å². The first-order valence-corrected chi connectivity index (χ1v) is 11.5. The molecule has 30 heavy (non-hydrogen) atoms. The molecule has 0 unspecified atom stereocenters. The number of anilines is 1. The number of benzene rings is 2. The lowest BCUT2D eigenvalue weighted by molar-refractivity contribution is -0.116. The van der Waals surface area contributed by atoms with Crippen LogP contribution in [0.1, 0.15) is 19.4 Å². The van der Waals surface area contributed by atoms with Crippen LogP contribution in [0.15, 0.2) is 35.2 Å². The SMILES string of the molecule is CCOc1cc2c(cc1NC(=O)CN(C)S(=O)(=O)c1cc(Cl)ccc1Cl)O[C@@H](C)C2. The summed E-state index contributed by atoms with van der Waals surface area (Å²) in [7, 11) is -2.72. The molecule has 0 aromatic heterocycles. The number of fused-ring (bicyclic) bond motifs is 1. The van der Waals surface area contributed by atoms with Crippen LogP contribution in [0.3, 0.4) is 0 Å². The zero-order valence-corrected chi connectivity index (χ0v) is 19.1. The van der Waals surface area contributed by atoms with Gasteiger partial charge in [-0.2, -0.15) is 4.31 Å². The summed E-state index contributed by atoms with van der Waals surface area (Å²) in [6.07, 6.45) is 0.796. The minimum Gasteiger partial charge on any atom is -0.492 e. The van der Waals surface area contributed by atoms with Gasteiger partial charge in [-0.1, -0.05) is 23.2 Å². The molecule has 0 aliphatic carbocycles. The average molecular weight is 473 g/mol. The summed E-state index contributed by atoms with van der Waals surface area (Å²) in [4.78, 5) is 12.4. The van der Waals surface area contributed by atoms with Gasteiger partial charge in [0.25, 0.3) is 0 Å². The van der Waals surface area contributed by atoms with Crippen molar-refractivity contribution in [1.82, 2.24) is 4.31 Å². The van der Waals surface area contributed by atoms with E-state index in [0.29, 0.717) is 23.8 Å². The van der Waals surface area contributed by atoms with Gasteiger partial charge >= 0.3 is 0 Å². The molecule has 1 heterocycles. The van der Waals surface area contributed by atoms with Gasteiger partial charge in [-0.3, -0.25) is 4.79 Å². The van der Waals surface area contributed by atoms with Crippen molar-refractivity contribution in [3.8, 4) is 11.5 Å². The van der Waals surface area contributed by atoms with Crippen LogP contribution in [0.5, 0.6) is 11.5 Å². The number of amides is 1. The summed E-state index contributed by atoms with van der Waals surface area (Å²) in [5.74, 6) is 0.643. The van der Waals surface area contributed by atoms with Crippen LogP contribution < -0.4 is 14.8 Å². The smallest absolute Gasteiger partial charge is 0.244 e. The molecule has 162 valence electrons. The van der Waals surface area contributed by atoms with Crippen molar-refractivity contribution in [1.29, 1.82) is 0 Å². The van der Waals surface area contributed by atoms with Crippen LogP contribution in [-0.2, 0) is 21.2 Å². The minimum atomic E-state index is -4.02. The standard InChI is InChI=1S/C20H22Cl2N2O5S/c1-4-28-18-8-13-7-12(2)29-17(13)10-16(18)23-20(25)11-24(3)30(26,27)19-9-14(21)5-6-15(19)22/h5-6,8-10,12H,4,7,11H2,1-3H3,(H,23,25)/t12-/m0/s1. The first-order valence-electron chi connectivity index (χ1n) is 9.29. The monoisotopic (exact) mass is 472 g/mol. The molecule has 2 aromatic carbocycles. The molecule has 0 bridgehead atoms. The molecule has 7 nitrogen and oxygen atoms in total. The molecule has 1 aliphatic heterocycles. The largest absolute Gasteiger partial charge is 0.492 e. The third kappa shape index (κ3) is 4.83. The van der Waals surface area contributed by atoms with Gasteiger partial charge in [0.15, 0.2) is 0 Å². The molecule has 2 aromatic rings. The quantitative estimate of drug-likeness (QED) is 0.658. The van der Waals surface area contributed by atoms with Crippen molar-refractivity contribution in [3.63, 3.8) is 0 Å². The third-order valence-corrected chi connectivity index (χ3v) is 7.04. The van der Waals surface area contributed by atoms with Crippen LogP contribution in [0.25, 0.3) is 0 Å². The predicted octanol–water partition coefficient (Wildman–Crippen LogP) is 3.97. The van der Waals surface area contributed by atoms with Crippen molar-refractivity contribution < 1.29 is 22.7 Å². The van der Waals surface area contributed by atoms with Crippen molar-refractivity contribution in [2.45, 2.75) is 31.3 Å². The highest BCUT2D eigenvalue weighted by Gasteiger charge is 2.27. The van der Waals surface area contributed by atoms with Gasteiger partial charge in [0.05, 0.1) is 23.9 Å². The predicted molar refractivity (Wildman–Crippen MR) is 116 cm³/mol. The van der Waals surface area contributed by atoms with E-state index in [9.17, 15) is 13.2 Å². The number of hydrogen-bond donors (Lipinski definition) is 1. The fourth-order valence-corrected chi connectivity index (χ4v) is 4.99. The van der Waals surface area contributed by atoms with E-state index in [1.165, 1.54) is 25.2 Å². The molecular weight excluding hydrogens is 451 g/mol. The average Bonchev–Trinajstić information content (AvgIpc) is 3.02. The molecular formula is C20H22Cl2N2O5S. The van der Waals surface area contributed by atoms with E-state index < -0.39 is 22.5 Å². The molecule has 1 aliphatic rings. The molecule has 1 N–H and O–H groups in total. The summed E-state index contributed by atoms with van der Waals surface area (Å²) in [5.41, 5.74) is 1.42. The van der Waals surface area contributed by atoms with E-state index in [1.54, 1.807) is 6.07 Å². The maximum atomic E-state index is 12.8. The second-order valence-electron chi connectivity index (χ2n) is 6.91. The van der Waals surface area contributed by atoms with Crippen LogP contribution in [0.2, 0.25) is 10.0 Å². The lowest BCUT2D eigenvalue weighted by atomic mass is 10.1. The highest BCUT2D eigenvalue weighted by atomic mass is 35.5. The molecule has 1 amide bonds. The first-order chi connectivity index (χ1) is 14.1. The van der Waals surface area contributed by atoms with E-state index in [4.69, 9.17) is 32.7 Å². The van der Waals surface area contributed by atoms with Crippen molar-refractivity contribution in [2.75, 3.05) is 25.5 Å². The Hall–Kier alpha value is -2.00. The molecule has 0 saturated carbocycles. The van der Waals surface area contributed by atoms with Gasteiger partial charge in [-0.15, -0.1) is 0 Å². The van der Waals surface area contributed by atoms with Crippen molar-refractivity contribution >= 4 is 44.8 Å². The fraction of sp³-hybridized carbons (Fsp3) is 0.350. The van der Waals surface area contributed by atoms with Crippen LogP contribution in [0.4, 0.5) is 5.69 Å². The number of carbonyl (C=O) groups excluding carboxylic acids is 1. The van der Waals surface area contributed by atoms with Crippen LogP contribution in [-0.4, -0.2) is 44.9 Å². The number of rotatable bonds is 7. The maximum Gasteiger partial charge on any atom is 0.244 e. The second kappa shape index (κ2) is 9.01. The molecule has 0 radical (unpaired) electrons. The minimum absolute atomic E-state index is 0.0233. The molecule has 0 saturated heterocycles. The number of hydrogen-bond acceptors (Lipinski definition) is 5. The van der Waals surface area contributed by atoms with E-state index in [-0.39, 0.29) is 21.0 Å². The summed E-state index contributed by atoms with van der Waals surface area (Å²) < 4.78 is 37.9. The van der Waals surface area contributed by atoms with E-state index in [2.05, 4.69) is 5.32 Å². The Morgan fingerprint density at radius 3 is 2.73 bits per heavy atom. The summed E-state index contributed by atoms with van der Waals surface area (Å²) in [6.45, 7) is 3.79. The molecule has 0 spiro atoms. The molecule has 10 heteroatoms. The summed E-state index contributed by atoms with van der Waals surface area (Å²) >= 11 is 11.9. The van der Waals surface area contributed by atoms with E-state index >= 15 is 0 Å². The van der Waals surface area contributed by atoms with Gasteiger partial charge in [0.2, 0.25) is 15.9 Å². The van der Waals surface area contributed by atoms with Gasteiger partial charge in [-0.25, -0.2) is 8.42 Å². The lowest BCUT2D eigenvalue weighted by Crippen LogP contribution is -2.35. The Morgan fingerprint density at radius 2 is 2.03 bits per heavy atom. The number of halogens is 2. The molecule has 1 atom stereocenters. The van der Waals surface area contributed by atoms with Crippen LogP contribution >= 0.6 is 23.2 Å². The number of likely N-dealkylation sites (N-methyl/N-ethyl adjacent to an activating group) is 1.